The van der Waals surface area contributed by atoms with Crippen molar-refractivity contribution in [1.29, 1.82) is 0 Å². The summed E-state index contributed by atoms with van der Waals surface area (Å²) < 4.78 is 0. The standard InChI is InChI=1S/C24H22ClNO/c25-23-14-8-7-13-22(23)24(26-18-20-11-5-2-6-12-20)17-21(27)16-15-19-9-3-1-4-10-19/h1-16,24,26H,17-18H2/b16-15+. The van der Waals surface area contributed by atoms with Crippen molar-refractivity contribution in [3.63, 3.8) is 0 Å². The molecular formula is C24H22ClNO. The van der Waals surface area contributed by atoms with Crippen molar-refractivity contribution in [1.82, 2.24) is 5.32 Å². The highest BCUT2D eigenvalue weighted by Gasteiger charge is 2.17. The van der Waals surface area contributed by atoms with Crippen LogP contribution in [-0.4, -0.2) is 5.78 Å². The molecule has 0 aliphatic carbocycles. The van der Waals surface area contributed by atoms with Gasteiger partial charge in [-0.25, -0.2) is 0 Å². The zero-order chi connectivity index (χ0) is 18.9. The van der Waals surface area contributed by atoms with Gasteiger partial charge >= 0.3 is 0 Å². The summed E-state index contributed by atoms with van der Waals surface area (Å²) >= 11 is 6.39. The van der Waals surface area contributed by atoms with Gasteiger partial charge in [0.25, 0.3) is 0 Å². The van der Waals surface area contributed by atoms with Crippen LogP contribution < -0.4 is 5.32 Å². The third kappa shape index (κ3) is 5.92. The molecule has 0 spiro atoms. The normalized spacial score (nSPS) is 12.2. The molecule has 1 N–H and O–H groups in total. The summed E-state index contributed by atoms with van der Waals surface area (Å²) in [5, 5.41) is 4.15. The Morgan fingerprint density at radius 2 is 1.52 bits per heavy atom. The fourth-order valence-electron chi connectivity index (χ4n) is 2.91. The molecule has 2 nitrogen and oxygen atoms in total. The van der Waals surface area contributed by atoms with Crippen molar-refractivity contribution in [3.05, 3.63) is 113 Å². The smallest absolute Gasteiger partial charge is 0.157 e. The molecule has 0 heterocycles. The minimum absolute atomic E-state index is 0.0596. The lowest BCUT2D eigenvalue weighted by Crippen LogP contribution is -2.23. The highest BCUT2D eigenvalue weighted by atomic mass is 35.5. The Balaban J connectivity index is 1.72. The maximum absolute atomic E-state index is 12.6. The van der Waals surface area contributed by atoms with Crippen LogP contribution >= 0.6 is 11.6 Å². The molecule has 0 amide bonds. The summed E-state index contributed by atoms with van der Waals surface area (Å²) in [6.45, 7) is 0.673. The average Bonchev–Trinajstić information content (AvgIpc) is 2.72. The maximum atomic E-state index is 12.6. The second-order valence-electron chi connectivity index (χ2n) is 6.36. The number of allylic oxidation sites excluding steroid dienone is 1. The average molecular weight is 376 g/mol. The Labute approximate surface area is 165 Å². The lowest BCUT2D eigenvalue weighted by Gasteiger charge is -2.19. The van der Waals surface area contributed by atoms with Crippen molar-refractivity contribution in [2.45, 2.75) is 19.0 Å². The molecule has 1 atom stereocenters. The predicted molar refractivity (Wildman–Crippen MR) is 113 cm³/mol. The zero-order valence-corrected chi connectivity index (χ0v) is 15.8. The molecular weight excluding hydrogens is 354 g/mol. The number of carbonyl (C=O) groups is 1. The summed E-state index contributed by atoms with van der Waals surface area (Å²) in [5.74, 6) is 0.0596. The number of carbonyl (C=O) groups excluding carboxylic acids is 1. The molecule has 0 aromatic heterocycles. The van der Waals surface area contributed by atoms with Gasteiger partial charge in [-0.15, -0.1) is 0 Å². The van der Waals surface area contributed by atoms with E-state index in [4.69, 9.17) is 11.6 Å². The van der Waals surface area contributed by atoms with Gasteiger partial charge in [0.1, 0.15) is 0 Å². The van der Waals surface area contributed by atoms with Gasteiger partial charge in [-0.2, -0.15) is 0 Å². The number of halogens is 1. The summed E-state index contributed by atoms with van der Waals surface area (Å²) in [7, 11) is 0. The lowest BCUT2D eigenvalue weighted by atomic mass is 10.00. The first kappa shape index (κ1) is 19.1. The van der Waals surface area contributed by atoms with Crippen LogP contribution in [0.25, 0.3) is 6.08 Å². The Morgan fingerprint density at radius 1 is 0.889 bits per heavy atom. The molecule has 3 heteroatoms. The van der Waals surface area contributed by atoms with E-state index in [0.717, 1.165) is 11.1 Å². The monoisotopic (exact) mass is 375 g/mol. The molecule has 136 valence electrons. The van der Waals surface area contributed by atoms with Gasteiger partial charge < -0.3 is 5.32 Å². The van der Waals surface area contributed by atoms with E-state index in [0.29, 0.717) is 18.0 Å². The minimum Gasteiger partial charge on any atom is -0.305 e. The van der Waals surface area contributed by atoms with E-state index in [-0.39, 0.29) is 11.8 Å². The van der Waals surface area contributed by atoms with Gasteiger partial charge in [0, 0.05) is 24.0 Å². The van der Waals surface area contributed by atoms with Gasteiger partial charge in [-0.1, -0.05) is 96.5 Å². The second-order valence-corrected chi connectivity index (χ2v) is 6.76. The Hall–Kier alpha value is -2.68. The number of hydrogen-bond donors (Lipinski definition) is 1. The first-order valence-electron chi connectivity index (χ1n) is 9.00. The van der Waals surface area contributed by atoms with E-state index >= 15 is 0 Å². The fraction of sp³-hybridized carbons (Fsp3) is 0.125. The Morgan fingerprint density at radius 3 is 2.22 bits per heavy atom. The Kier molecular flexibility index (Phi) is 6.97. The van der Waals surface area contributed by atoms with E-state index in [1.54, 1.807) is 6.08 Å². The van der Waals surface area contributed by atoms with E-state index in [2.05, 4.69) is 17.4 Å². The van der Waals surface area contributed by atoms with Gasteiger partial charge in [-0.3, -0.25) is 4.79 Å². The highest BCUT2D eigenvalue weighted by molar-refractivity contribution is 6.31. The van der Waals surface area contributed by atoms with Crippen molar-refractivity contribution in [2.24, 2.45) is 0 Å². The molecule has 3 aromatic carbocycles. The highest BCUT2D eigenvalue weighted by Crippen LogP contribution is 2.26. The SMILES string of the molecule is O=C(/C=C/c1ccccc1)CC(NCc1ccccc1)c1ccccc1Cl. The molecule has 27 heavy (non-hydrogen) atoms. The molecule has 3 aromatic rings. The number of benzene rings is 3. The number of nitrogens with one attached hydrogen (secondary N) is 1. The number of ketones is 1. The summed E-state index contributed by atoms with van der Waals surface area (Å²) in [6.07, 6.45) is 3.84. The predicted octanol–water partition coefficient (Wildman–Crippen LogP) is 5.84. The number of rotatable bonds is 8. The van der Waals surface area contributed by atoms with E-state index in [1.807, 2.05) is 78.9 Å². The molecule has 0 radical (unpaired) electrons. The van der Waals surface area contributed by atoms with Gasteiger partial charge in [-0.05, 0) is 28.8 Å². The van der Waals surface area contributed by atoms with E-state index in [9.17, 15) is 4.79 Å². The van der Waals surface area contributed by atoms with Crippen LogP contribution in [0, 0.1) is 0 Å². The van der Waals surface area contributed by atoms with Gasteiger partial charge in [0.2, 0.25) is 0 Å². The summed E-state index contributed by atoms with van der Waals surface area (Å²) in [5.41, 5.74) is 3.12. The lowest BCUT2D eigenvalue weighted by molar-refractivity contribution is -0.115. The van der Waals surface area contributed by atoms with Crippen LogP contribution in [0.3, 0.4) is 0 Å². The van der Waals surface area contributed by atoms with Gasteiger partial charge in [0.05, 0.1) is 0 Å². The molecule has 1 unspecified atom stereocenters. The van der Waals surface area contributed by atoms with Crippen LogP contribution in [0.1, 0.15) is 29.2 Å². The Bertz CT molecular complexity index is 891. The second kappa shape index (κ2) is 9.86. The van der Waals surface area contributed by atoms with Crippen molar-refractivity contribution in [2.75, 3.05) is 0 Å². The van der Waals surface area contributed by atoms with E-state index < -0.39 is 0 Å². The molecule has 0 saturated heterocycles. The maximum Gasteiger partial charge on any atom is 0.157 e. The molecule has 0 aliphatic heterocycles. The number of hydrogen-bond acceptors (Lipinski definition) is 2. The van der Waals surface area contributed by atoms with Crippen LogP contribution in [-0.2, 0) is 11.3 Å². The van der Waals surface area contributed by atoms with Crippen molar-refractivity contribution < 1.29 is 4.79 Å². The third-order valence-corrected chi connectivity index (χ3v) is 4.69. The van der Waals surface area contributed by atoms with Crippen LogP contribution in [0.5, 0.6) is 0 Å². The van der Waals surface area contributed by atoms with E-state index in [1.165, 1.54) is 5.56 Å². The largest absolute Gasteiger partial charge is 0.305 e. The van der Waals surface area contributed by atoms with Crippen LogP contribution in [0.2, 0.25) is 5.02 Å². The topological polar surface area (TPSA) is 29.1 Å². The van der Waals surface area contributed by atoms with Crippen LogP contribution in [0.15, 0.2) is 91.0 Å². The quantitative estimate of drug-likeness (QED) is 0.501. The van der Waals surface area contributed by atoms with Crippen molar-refractivity contribution in [3.8, 4) is 0 Å². The van der Waals surface area contributed by atoms with Crippen molar-refractivity contribution >= 4 is 23.5 Å². The molecule has 0 fully saturated rings. The third-order valence-electron chi connectivity index (χ3n) is 4.34. The molecule has 0 aliphatic rings. The zero-order valence-electron chi connectivity index (χ0n) is 15.0. The van der Waals surface area contributed by atoms with Gasteiger partial charge in [0.15, 0.2) is 5.78 Å². The first-order valence-corrected chi connectivity index (χ1v) is 9.38. The summed E-state index contributed by atoms with van der Waals surface area (Å²) in [4.78, 5) is 12.6. The minimum atomic E-state index is -0.146. The molecule has 3 rings (SSSR count). The fourth-order valence-corrected chi connectivity index (χ4v) is 3.18. The van der Waals surface area contributed by atoms with Crippen LogP contribution in [0.4, 0.5) is 0 Å². The summed E-state index contributed by atoms with van der Waals surface area (Å²) in [6, 6.07) is 27.5. The molecule has 0 bridgehead atoms. The first-order chi connectivity index (χ1) is 13.2. The molecule has 0 saturated carbocycles.